The van der Waals surface area contributed by atoms with E-state index in [-0.39, 0.29) is 23.7 Å². The Kier molecular flexibility index (Phi) is 3.25. The van der Waals surface area contributed by atoms with Gasteiger partial charge in [-0.15, -0.1) is 0 Å². The van der Waals surface area contributed by atoms with Crippen molar-refractivity contribution in [1.82, 2.24) is 0 Å². The number of carboxylic acid groups (broad SMARTS) is 1. The fourth-order valence-electron chi connectivity index (χ4n) is 1.84. The normalized spacial score (nSPS) is 21.7. The molecule has 1 heterocycles. The molecule has 2 rings (SSSR count). The fourth-order valence-corrected chi connectivity index (χ4v) is 3.43. The topological polar surface area (TPSA) is 80.7 Å². The SMILES string of the molecule is O=C(O)c1c(F)cccc1OC1CCS(=O)(=O)C1. The van der Waals surface area contributed by atoms with Crippen molar-refractivity contribution in [3.8, 4) is 5.75 Å². The number of halogens is 1. The van der Waals surface area contributed by atoms with Gasteiger partial charge in [0.2, 0.25) is 0 Å². The molecule has 1 aromatic rings. The first-order valence-electron chi connectivity index (χ1n) is 5.28. The van der Waals surface area contributed by atoms with Crippen LogP contribution < -0.4 is 4.74 Å². The zero-order chi connectivity index (χ0) is 13.3. The second kappa shape index (κ2) is 4.56. The lowest BCUT2D eigenvalue weighted by molar-refractivity contribution is 0.0684. The maximum absolute atomic E-state index is 13.3. The number of ether oxygens (including phenoxy) is 1. The molecule has 1 atom stereocenters. The van der Waals surface area contributed by atoms with Gasteiger partial charge in [-0.3, -0.25) is 0 Å². The summed E-state index contributed by atoms with van der Waals surface area (Å²) in [6, 6.07) is 3.65. The highest BCUT2D eigenvalue weighted by Gasteiger charge is 2.30. The lowest BCUT2D eigenvalue weighted by atomic mass is 10.2. The van der Waals surface area contributed by atoms with Crippen LogP contribution in [0.4, 0.5) is 4.39 Å². The molecule has 7 heteroatoms. The van der Waals surface area contributed by atoms with Crippen LogP contribution in [0.5, 0.6) is 5.75 Å². The molecule has 1 aromatic carbocycles. The Hall–Kier alpha value is -1.63. The van der Waals surface area contributed by atoms with E-state index in [4.69, 9.17) is 9.84 Å². The van der Waals surface area contributed by atoms with Crippen LogP contribution in [0.15, 0.2) is 18.2 Å². The van der Waals surface area contributed by atoms with Gasteiger partial charge in [0, 0.05) is 0 Å². The van der Waals surface area contributed by atoms with E-state index < -0.39 is 33.3 Å². The lowest BCUT2D eigenvalue weighted by Gasteiger charge is -2.14. The van der Waals surface area contributed by atoms with Gasteiger partial charge in [-0.05, 0) is 18.6 Å². The zero-order valence-corrected chi connectivity index (χ0v) is 10.1. The van der Waals surface area contributed by atoms with Gasteiger partial charge in [-0.1, -0.05) is 6.07 Å². The Labute approximate surface area is 103 Å². The number of benzene rings is 1. The number of carbonyl (C=O) groups is 1. The lowest BCUT2D eigenvalue weighted by Crippen LogP contribution is -2.19. The van der Waals surface area contributed by atoms with Gasteiger partial charge >= 0.3 is 5.97 Å². The summed E-state index contributed by atoms with van der Waals surface area (Å²) in [5.41, 5.74) is -0.568. The van der Waals surface area contributed by atoms with Crippen LogP contribution in [0, 0.1) is 5.82 Å². The molecular formula is C11H11FO5S. The van der Waals surface area contributed by atoms with Crippen molar-refractivity contribution in [3.63, 3.8) is 0 Å². The fraction of sp³-hybridized carbons (Fsp3) is 0.364. The number of aromatic carboxylic acids is 1. The Morgan fingerprint density at radius 2 is 2.17 bits per heavy atom. The highest BCUT2D eigenvalue weighted by atomic mass is 32.2. The van der Waals surface area contributed by atoms with Crippen LogP contribution in [0.25, 0.3) is 0 Å². The molecule has 1 aliphatic heterocycles. The van der Waals surface area contributed by atoms with Crippen molar-refractivity contribution in [1.29, 1.82) is 0 Å². The minimum Gasteiger partial charge on any atom is -0.488 e. The molecule has 0 spiro atoms. The third-order valence-electron chi connectivity index (χ3n) is 2.67. The van der Waals surface area contributed by atoms with Gasteiger partial charge in [-0.2, -0.15) is 0 Å². The van der Waals surface area contributed by atoms with E-state index >= 15 is 0 Å². The summed E-state index contributed by atoms with van der Waals surface area (Å²) < 4.78 is 41.1. The molecule has 18 heavy (non-hydrogen) atoms. The van der Waals surface area contributed by atoms with Crippen LogP contribution in [0.1, 0.15) is 16.8 Å². The molecule has 1 unspecified atom stereocenters. The van der Waals surface area contributed by atoms with Crippen molar-refractivity contribution in [2.75, 3.05) is 11.5 Å². The Bertz CT molecular complexity index is 581. The summed E-state index contributed by atoms with van der Waals surface area (Å²) in [5.74, 6) is -2.63. The summed E-state index contributed by atoms with van der Waals surface area (Å²) in [4.78, 5) is 10.9. The van der Waals surface area contributed by atoms with E-state index in [2.05, 4.69) is 0 Å². The van der Waals surface area contributed by atoms with E-state index in [0.29, 0.717) is 0 Å². The number of carboxylic acids is 1. The molecule has 0 bridgehead atoms. The van der Waals surface area contributed by atoms with Crippen molar-refractivity contribution < 1.29 is 27.4 Å². The average molecular weight is 274 g/mol. The monoisotopic (exact) mass is 274 g/mol. The van der Waals surface area contributed by atoms with Gasteiger partial charge in [0.1, 0.15) is 23.2 Å². The smallest absolute Gasteiger partial charge is 0.342 e. The van der Waals surface area contributed by atoms with Gasteiger partial charge in [-0.25, -0.2) is 17.6 Å². The zero-order valence-electron chi connectivity index (χ0n) is 9.30. The molecule has 5 nitrogen and oxygen atoms in total. The first-order chi connectivity index (χ1) is 8.39. The predicted octanol–water partition coefficient (Wildman–Crippen LogP) is 1.09. The molecular weight excluding hydrogens is 263 g/mol. The minimum absolute atomic E-state index is 0.00931. The van der Waals surface area contributed by atoms with Crippen LogP contribution >= 0.6 is 0 Å². The van der Waals surface area contributed by atoms with Crippen molar-refractivity contribution >= 4 is 15.8 Å². The molecule has 0 radical (unpaired) electrons. The van der Waals surface area contributed by atoms with Crippen LogP contribution in [0.2, 0.25) is 0 Å². The second-order valence-electron chi connectivity index (χ2n) is 4.06. The highest BCUT2D eigenvalue weighted by Crippen LogP contribution is 2.25. The first kappa shape index (κ1) is 12.8. The Balaban J connectivity index is 2.25. The van der Waals surface area contributed by atoms with Gasteiger partial charge in [0.05, 0.1) is 11.5 Å². The standard InChI is InChI=1S/C11H11FO5S/c12-8-2-1-3-9(10(8)11(13)14)17-7-4-5-18(15,16)6-7/h1-3,7H,4-6H2,(H,13,14). The van der Waals surface area contributed by atoms with Crippen LogP contribution in [0.3, 0.4) is 0 Å². The first-order valence-corrected chi connectivity index (χ1v) is 7.10. The van der Waals surface area contributed by atoms with Gasteiger partial charge in [0.15, 0.2) is 9.84 Å². The van der Waals surface area contributed by atoms with E-state index in [1.165, 1.54) is 12.1 Å². The number of sulfone groups is 1. The quantitative estimate of drug-likeness (QED) is 0.892. The summed E-state index contributed by atoms with van der Waals surface area (Å²) in [5, 5.41) is 8.88. The molecule has 1 saturated heterocycles. The minimum atomic E-state index is -3.12. The maximum atomic E-state index is 13.3. The summed E-state index contributed by atoms with van der Waals surface area (Å²) in [7, 11) is -3.12. The van der Waals surface area contributed by atoms with E-state index in [1.807, 2.05) is 0 Å². The van der Waals surface area contributed by atoms with E-state index in [1.54, 1.807) is 0 Å². The average Bonchev–Trinajstić information content (AvgIpc) is 2.57. The largest absolute Gasteiger partial charge is 0.488 e. The van der Waals surface area contributed by atoms with Crippen LogP contribution in [-0.2, 0) is 9.84 Å². The molecule has 1 aliphatic rings. The highest BCUT2D eigenvalue weighted by molar-refractivity contribution is 7.91. The third-order valence-corrected chi connectivity index (χ3v) is 4.41. The van der Waals surface area contributed by atoms with Crippen LogP contribution in [-0.4, -0.2) is 37.1 Å². The molecule has 0 saturated carbocycles. The Morgan fingerprint density at radius 1 is 1.44 bits per heavy atom. The van der Waals surface area contributed by atoms with Gasteiger partial charge in [0.25, 0.3) is 0 Å². The molecule has 0 aliphatic carbocycles. The maximum Gasteiger partial charge on any atom is 0.342 e. The second-order valence-corrected chi connectivity index (χ2v) is 6.29. The molecule has 98 valence electrons. The molecule has 1 N–H and O–H groups in total. The summed E-state index contributed by atoms with van der Waals surface area (Å²) in [6.45, 7) is 0. The molecule has 0 amide bonds. The predicted molar refractivity (Wildman–Crippen MR) is 61.0 cm³/mol. The van der Waals surface area contributed by atoms with E-state index in [9.17, 15) is 17.6 Å². The number of rotatable bonds is 3. The molecule has 0 aromatic heterocycles. The van der Waals surface area contributed by atoms with Crippen molar-refractivity contribution in [2.24, 2.45) is 0 Å². The summed E-state index contributed by atoms with van der Waals surface area (Å²) >= 11 is 0. The van der Waals surface area contributed by atoms with E-state index in [0.717, 1.165) is 6.07 Å². The summed E-state index contributed by atoms with van der Waals surface area (Å²) in [6.07, 6.45) is -0.326. The van der Waals surface area contributed by atoms with Gasteiger partial charge < -0.3 is 9.84 Å². The third kappa shape index (κ3) is 2.61. The van der Waals surface area contributed by atoms with Crippen molar-refractivity contribution in [3.05, 3.63) is 29.6 Å². The molecule has 1 fully saturated rings. The Morgan fingerprint density at radius 3 is 2.72 bits per heavy atom. The van der Waals surface area contributed by atoms with Crippen molar-refractivity contribution in [2.45, 2.75) is 12.5 Å². The number of hydrogen-bond donors (Lipinski definition) is 1. The number of hydrogen-bond acceptors (Lipinski definition) is 4.